The van der Waals surface area contributed by atoms with Gasteiger partial charge in [0.05, 0.1) is 5.92 Å². The fourth-order valence-electron chi connectivity index (χ4n) is 2.24. The van der Waals surface area contributed by atoms with Crippen LogP contribution in [0.2, 0.25) is 0 Å². The summed E-state index contributed by atoms with van der Waals surface area (Å²) in [4.78, 5) is 1.95. The lowest BCUT2D eigenvalue weighted by Crippen LogP contribution is -2.46. The highest BCUT2D eigenvalue weighted by Gasteiger charge is 2.40. The highest BCUT2D eigenvalue weighted by atomic mass is 19.4. The summed E-state index contributed by atoms with van der Waals surface area (Å²) in [6.07, 6.45) is -2.45. The van der Waals surface area contributed by atoms with E-state index in [-0.39, 0.29) is 19.1 Å². The standard InChI is InChI=1S/C13H27F3N2/c1-5-12(6-2)18(8-10(3)4)9-11(7-17)13(14,15)16/h10-12H,5-9,17H2,1-4H3. The zero-order valence-electron chi connectivity index (χ0n) is 11.9. The minimum Gasteiger partial charge on any atom is -0.330 e. The summed E-state index contributed by atoms with van der Waals surface area (Å²) >= 11 is 0. The van der Waals surface area contributed by atoms with E-state index < -0.39 is 12.1 Å². The van der Waals surface area contributed by atoms with Crippen LogP contribution in [0.1, 0.15) is 40.5 Å². The molecule has 0 aromatic rings. The first-order chi connectivity index (χ1) is 8.26. The van der Waals surface area contributed by atoms with Crippen molar-refractivity contribution in [1.82, 2.24) is 4.90 Å². The molecule has 0 aromatic carbocycles. The third kappa shape index (κ3) is 6.05. The van der Waals surface area contributed by atoms with Gasteiger partial charge in [0.25, 0.3) is 0 Å². The molecule has 0 saturated heterocycles. The molecule has 0 bridgehead atoms. The van der Waals surface area contributed by atoms with Gasteiger partial charge in [-0.3, -0.25) is 4.90 Å². The van der Waals surface area contributed by atoms with Gasteiger partial charge < -0.3 is 5.73 Å². The van der Waals surface area contributed by atoms with E-state index in [1.165, 1.54) is 0 Å². The van der Waals surface area contributed by atoms with Gasteiger partial charge in [-0.15, -0.1) is 0 Å². The molecule has 0 aliphatic heterocycles. The number of hydrogen-bond acceptors (Lipinski definition) is 2. The molecular formula is C13H27F3N2. The monoisotopic (exact) mass is 268 g/mol. The molecule has 2 N–H and O–H groups in total. The van der Waals surface area contributed by atoms with E-state index in [1.54, 1.807) is 0 Å². The lowest BCUT2D eigenvalue weighted by molar-refractivity contribution is -0.178. The largest absolute Gasteiger partial charge is 0.394 e. The Morgan fingerprint density at radius 3 is 1.83 bits per heavy atom. The molecule has 0 radical (unpaired) electrons. The first-order valence-corrected chi connectivity index (χ1v) is 6.76. The van der Waals surface area contributed by atoms with Gasteiger partial charge in [-0.05, 0) is 18.8 Å². The zero-order valence-corrected chi connectivity index (χ0v) is 11.9. The van der Waals surface area contributed by atoms with Crippen LogP contribution in [-0.4, -0.2) is 36.8 Å². The van der Waals surface area contributed by atoms with Crippen LogP contribution >= 0.6 is 0 Å². The van der Waals surface area contributed by atoms with E-state index in [0.717, 1.165) is 12.8 Å². The Hall–Kier alpha value is -0.290. The van der Waals surface area contributed by atoms with Crippen molar-refractivity contribution in [3.63, 3.8) is 0 Å². The highest BCUT2D eigenvalue weighted by molar-refractivity contribution is 4.78. The van der Waals surface area contributed by atoms with Crippen LogP contribution < -0.4 is 5.73 Å². The predicted molar refractivity (Wildman–Crippen MR) is 69.4 cm³/mol. The molecule has 0 heterocycles. The third-order valence-electron chi connectivity index (χ3n) is 3.26. The van der Waals surface area contributed by atoms with E-state index in [4.69, 9.17) is 5.73 Å². The summed E-state index contributed by atoms with van der Waals surface area (Å²) in [5, 5.41) is 0. The molecule has 0 aromatic heterocycles. The quantitative estimate of drug-likeness (QED) is 0.732. The number of halogens is 3. The first kappa shape index (κ1) is 17.7. The van der Waals surface area contributed by atoms with E-state index >= 15 is 0 Å². The number of nitrogens with zero attached hydrogens (tertiary/aromatic N) is 1. The summed E-state index contributed by atoms with van der Waals surface area (Å²) in [5.74, 6) is -1.06. The van der Waals surface area contributed by atoms with Gasteiger partial charge >= 0.3 is 6.18 Å². The molecule has 0 amide bonds. The summed E-state index contributed by atoms with van der Waals surface area (Å²) in [6, 6.07) is 0.212. The van der Waals surface area contributed by atoms with Crippen molar-refractivity contribution < 1.29 is 13.2 Å². The van der Waals surface area contributed by atoms with Crippen LogP contribution in [0.3, 0.4) is 0 Å². The van der Waals surface area contributed by atoms with Crippen molar-refractivity contribution >= 4 is 0 Å². The Morgan fingerprint density at radius 1 is 1.06 bits per heavy atom. The second-order valence-electron chi connectivity index (χ2n) is 5.29. The summed E-state index contributed by atoms with van der Waals surface area (Å²) in [6.45, 7) is 8.47. The van der Waals surface area contributed by atoms with Gasteiger partial charge in [0, 0.05) is 25.7 Å². The second-order valence-corrected chi connectivity index (χ2v) is 5.29. The predicted octanol–water partition coefficient (Wildman–Crippen LogP) is 3.27. The number of alkyl halides is 3. The first-order valence-electron chi connectivity index (χ1n) is 6.76. The Labute approximate surface area is 109 Å². The van der Waals surface area contributed by atoms with Crippen LogP contribution in [0.4, 0.5) is 13.2 Å². The second kappa shape index (κ2) is 8.00. The van der Waals surface area contributed by atoms with Gasteiger partial charge in [0.15, 0.2) is 0 Å². The molecule has 2 nitrogen and oxygen atoms in total. The summed E-state index contributed by atoms with van der Waals surface area (Å²) < 4.78 is 38.3. The minimum absolute atomic E-state index is 0.0184. The highest BCUT2D eigenvalue weighted by Crippen LogP contribution is 2.27. The Bertz CT molecular complexity index is 213. The molecule has 5 heteroatoms. The molecule has 1 unspecified atom stereocenters. The van der Waals surface area contributed by atoms with Gasteiger partial charge in [-0.1, -0.05) is 27.7 Å². The normalized spacial score (nSPS) is 14.8. The molecule has 0 aliphatic carbocycles. The van der Waals surface area contributed by atoms with E-state index in [9.17, 15) is 13.2 Å². The van der Waals surface area contributed by atoms with Crippen molar-refractivity contribution in [2.75, 3.05) is 19.6 Å². The Kier molecular flexibility index (Phi) is 7.87. The van der Waals surface area contributed by atoms with E-state index in [0.29, 0.717) is 12.5 Å². The van der Waals surface area contributed by atoms with Crippen LogP contribution in [-0.2, 0) is 0 Å². The van der Waals surface area contributed by atoms with E-state index in [2.05, 4.69) is 0 Å². The van der Waals surface area contributed by atoms with Crippen molar-refractivity contribution in [3.8, 4) is 0 Å². The smallest absolute Gasteiger partial charge is 0.330 e. The van der Waals surface area contributed by atoms with Crippen molar-refractivity contribution in [2.45, 2.75) is 52.8 Å². The van der Waals surface area contributed by atoms with Gasteiger partial charge in [0.1, 0.15) is 0 Å². The van der Waals surface area contributed by atoms with Crippen molar-refractivity contribution in [2.24, 2.45) is 17.6 Å². The molecule has 1 atom stereocenters. The molecule has 0 aliphatic rings. The number of nitrogens with two attached hydrogens (primary N) is 1. The van der Waals surface area contributed by atoms with E-state index in [1.807, 2.05) is 32.6 Å². The number of hydrogen-bond donors (Lipinski definition) is 1. The summed E-state index contributed by atoms with van der Waals surface area (Å²) in [7, 11) is 0. The van der Waals surface area contributed by atoms with Crippen LogP contribution in [0.25, 0.3) is 0 Å². The van der Waals surface area contributed by atoms with Gasteiger partial charge in [-0.2, -0.15) is 13.2 Å². The fraction of sp³-hybridized carbons (Fsp3) is 1.00. The molecule has 18 heavy (non-hydrogen) atoms. The lowest BCUT2D eigenvalue weighted by Gasteiger charge is -2.35. The number of rotatable bonds is 8. The molecule has 0 saturated carbocycles. The molecule has 0 spiro atoms. The molecule has 0 rings (SSSR count). The lowest BCUT2D eigenvalue weighted by atomic mass is 10.0. The third-order valence-corrected chi connectivity index (χ3v) is 3.26. The zero-order chi connectivity index (χ0) is 14.3. The SMILES string of the molecule is CCC(CC)N(CC(C)C)CC(CN)C(F)(F)F. The topological polar surface area (TPSA) is 29.3 Å². The van der Waals surface area contributed by atoms with Gasteiger partial charge in [-0.25, -0.2) is 0 Å². The van der Waals surface area contributed by atoms with Gasteiger partial charge in [0.2, 0.25) is 0 Å². The fourth-order valence-corrected chi connectivity index (χ4v) is 2.24. The Balaban J connectivity index is 4.75. The van der Waals surface area contributed by atoms with Crippen molar-refractivity contribution in [3.05, 3.63) is 0 Å². The van der Waals surface area contributed by atoms with Crippen molar-refractivity contribution in [1.29, 1.82) is 0 Å². The summed E-state index contributed by atoms with van der Waals surface area (Å²) in [5.41, 5.74) is 5.27. The minimum atomic E-state index is -4.20. The maximum absolute atomic E-state index is 12.8. The van der Waals surface area contributed by atoms with Crippen LogP contribution in [0.15, 0.2) is 0 Å². The maximum atomic E-state index is 12.8. The molecular weight excluding hydrogens is 241 g/mol. The van der Waals surface area contributed by atoms with Crippen LogP contribution in [0, 0.1) is 11.8 Å². The average Bonchev–Trinajstić information content (AvgIpc) is 2.24. The molecule has 110 valence electrons. The Morgan fingerprint density at radius 2 is 1.56 bits per heavy atom. The van der Waals surface area contributed by atoms with Crippen LogP contribution in [0.5, 0.6) is 0 Å². The molecule has 0 fully saturated rings. The maximum Gasteiger partial charge on any atom is 0.394 e. The average molecular weight is 268 g/mol.